The molecule has 1 saturated carbocycles. The van der Waals surface area contributed by atoms with Crippen LogP contribution in [0.5, 0.6) is 0 Å². The van der Waals surface area contributed by atoms with E-state index in [1.54, 1.807) is 0 Å². The van der Waals surface area contributed by atoms with Crippen molar-refractivity contribution in [2.75, 3.05) is 0 Å². The van der Waals surface area contributed by atoms with Gasteiger partial charge in [-0.25, -0.2) is 35.5 Å². The van der Waals surface area contributed by atoms with Crippen molar-refractivity contribution in [3.63, 3.8) is 0 Å². The summed E-state index contributed by atoms with van der Waals surface area (Å²) in [6.45, 7) is 0. The zero-order valence-electron chi connectivity index (χ0n) is 15.1. The maximum atomic E-state index is 14.4. The molecular formula is C18H18F2N2O5S2. The van der Waals surface area contributed by atoms with Crippen LogP contribution in [0.25, 0.3) is 0 Å². The summed E-state index contributed by atoms with van der Waals surface area (Å²) in [5.41, 5.74) is -0.653. The lowest BCUT2D eigenvalue weighted by atomic mass is 9.96. The van der Waals surface area contributed by atoms with Crippen LogP contribution in [0.1, 0.15) is 47.5 Å². The van der Waals surface area contributed by atoms with Gasteiger partial charge in [0.2, 0.25) is 10.0 Å². The zero-order chi connectivity index (χ0) is 21.4. The lowest BCUT2D eigenvalue weighted by Gasteiger charge is -2.14. The number of halogens is 2. The second-order valence-corrected chi connectivity index (χ2v) is 9.95. The van der Waals surface area contributed by atoms with Gasteiger partial charge in [0.1, 0.15) is 27.0 Å². The number of hydrogen-bond donors (Lipinski definition) is 2. The van der Waals surface area contributed by atoms with Gasteiger partial charge in [0, 0.05) is 0 Å². The lowest BCUT2D eigenvalue weighted by Crippen LogP contribution is -2.33. The van der Waals surface area contributed by atoms with Crippen LogP contribution in [0, 0.1) is 11.6 Å². The second kappa shape index (κ2) is 7.81. The van der Waals surface area contributed by atoms with Gasteiger partial charge in [-0.1, -0.05) is 25.0 Å². The van der Waals surface area contributed by atoms with Crippen molar-refractivity contribution >= 4 is 26.0 Å². The third-order valence-electron chi connectivity index (χ3n) is 4.79. The van der Waals surface area contributed by atoms with E-state index in [0.717, 1.165) is 49.9 Å². The van der Waals surface area contributed by atoms with E-state index >= 15 is 0 Å². The summed E-state index contributed by atoms with van der Waals surface area (Å²) in [4.78, 5) is 10.8. The molecule has 0 aliphatic heterocycles. The number of amides is 1. The molecule has 3 rings (SSSR count). The first-order valence-electron chi connectivity index (χ1n) is 8.68. The Hall–Kier alpha value is -2.37. The second-order valence-electron chi connectivity index (χ2n) is 6.77. The SMILES string of the molecule is NS(=O)(=O)c1ccccc1S(=O)(=O)NC(=O)c1c(F)cc(C2CCCC2)cc1F. The van der Waals surface area contributed by atoms with Crippen molar-refractivity contribution < 1.29 is 30.4 Å². The minimum absolute atomic E-state index is 0.0125. The summed E-state index contributed by atoms with van der Waals surface area (Å²) in [5.74, 6) is -3.96. The van der Waals surface area contributed by atoms with Gasteiger partial charge in [0.25, 0.3) is 15.9 Å². The number of carbonyl (C=O) groups excluding carboxylic acids is 1. The van der Waals surface area contributed by atoms with Gasteiger partial charge in [-0.2, -0.15) is 0 Å². The normalized spacial score (nSPS) is 15.4. The molecule has 1 amide bonds. The Bertz CT molecular complexity index is 1150. The number of hydrogen-bond acceptors (Lipinski definition) is 5. The molecule has 2 aromatic rings. The lowest BCUT2D eigenvalue weighted by molar-refractivity contribution is 0.0973. The first-order chi connectivity index (χ1) is 13.5. The molecule has 29 heavy (non-hydrogen) atoms. The zero-order valence-corrected chi connectivity index (χ0v) is 16.7. The minimum Gasteiger partial charge on any atom is -0.268 e. The number of nitrogens with one attached hydrogen (secondary N) is 1. The van der Waals surface area contributed by atoms with E-state index in [-0.39, 0.29) is 5.92 Å². The third-order valence-corrected chi connectivity index (χ3v) is 7.28. The number of primary sulfonamides is 1. The Balaban J connectivity index is 1.95. The highest BCUT2D eigenvalue weighted by Crippen LogP contribution is 2.35. The van der Waals surface area contributed by atoms with E-state index in [0.29, 0.717) is 5.56 Å². The molecule has 1 aliphatic carbocycles. The Labute approximate surface area is 167 Å². The van der Waals surface area contributed by atoms with Gasteiger partial charge in [0.05, 0.1) is 0 Å². The number of nitrogens with two attached hydrogens (primary N) is 1. The van der Waals surface area contributed by atoms with Crippen molar-refractivity contribution in [2.45, 2.75) is 41.4 Å². The molecule has 0 unspecified atom stereocenters. The molecule has 1 aliphatic rings. The van der Waals surface area contributed by atoms with Crippen molar-refractivity contribution in [3.05, 3.63) is 59.2 Å². The first kappa shape index (κ1) is 21.3. The van der Waals surface area contributed by atoms with Crippen LogP contribution in [0.4, 0.5) is 8.78 Å². The quantitative estimate of drug-likeness (QED) is 0.733. The Morgan fingerprint density at radius 3 is 2.00 bits per heavy atom. The van der Waals surface area contributed by atoms with E-state index in [2.05, 4.69) is 0 Å². The predicted octanol–water partition coefficient (Wildman–Crippen LogP) is 2.39. The van der Waals surface area contributed by atoms with Crippen LogP contribution in [-0.2, 0) is 20.0 Å². The average Bonchev–Trinajstić information content (AvgIpc) is 3.14. The summed E-state index contributed by atoms with van der Waals surface area (Å²) in [7, 11) is -9.20. The van der Waals surface area contributed by atoms with Crippen LogP contribution >= 0.6 is 0 Å². The first-order valence-corrected chi connectivity index (χ1v) is 11.7. The molecule has 156 valence electrons. The molecule has 0 saturated heterocycles. The molecule has 0 heterocycles. The topological polar surface area (TPSA) is 123 Å². The van der Waals surface area contributed by atoms with Crippen LogP contribution in [0.3, 0.4) is 0 Å². The molecular weight excluding hydrogens is 426 g/mol. The van der Waals surface area contributed by atoms with Crippen LogP contribution in [0.2, 0.25) is 0 Å². The Morgan fingerprint density at radius 1 is 0.966 bits per heavy atom. The number of carbonyl (C=O) groups is 1. The maximum absolute atomic E-state index is 14.4. The van der Waals surface area contributed by atoms with E-state index in [4.69, 9.17) is 5.14 Å². The largest absolute Gasteiger partial charge is 0.270 e. The van der Waals surface area contributed by atoms with Crippen LogP contribution in [0.15, 0.2) is 46.2 Å². The predicted molar refractivity (Wildman–Crippen MR) is 100 cm³/mol. The monoisotopic (exact) mass is 444 g/mol. The minimum atomic E-state index is -4.77. The number of sulfonamides is 2. The van der Waals surface area contributed by atoms with E-state index in [1.807, 2.05) is 0 Å². The van der Waals surface area contributed by atoms with Gasteiger partial charge >= 0.3 is 0 Å². The van der Waals surface area contributed by atoms with E-state index < -0.39 is 52.9 Å². The van der Waals surface area contributed by atoms with Crippen LogP contribution in [-0.4, -0.2) is 22.7 Å². The average molecular weight is 444 g/mol. The molecule has 3 N–H and O–H groups in total. The maximum Gasteiger partial charge on any atom is 0.270 e. The number of benzene rings is 2. The fourth-order valence-electron chi connectivity index (χ4n) is 3.44. The molecule has 0 bridgehead atoms. The third kappa shape index (κ3) is 4.46. The van der Waals surface area contributed by atoms with Gasteiger partial charge in [-0.15, -0.1) is 0 Å². The number of rotatable bonds is 5. The molecule has 2 aromatic carbocycles. The summed E-state index contributed by atoms with van der Waals surface area (Å²) in [6, 6.07) is 6.35. The molecule has 0 atom stereocenters. The van der Waals surface area contributed by atoms with Gasteiger partial charge in [0.15, 0.2) is 0 Å². The summed E-state index contributed by atoms with van der Waals surface area (Å²) >= 11 is 0. The summed E-state index contributed by atoms with van der Waals surface area (Å²) in [5, 5.41) is 5.00. The molecule has 11 heteroatoms. The molecule has 0 aromatic heterocycles. The van der Waals surface area contributed by atoms with Crippen molar-refractivity contribution in [2.24, 2.45) is 5.14 Å². The molecule has 1 fully saturated rings. The molecule has 0 spiro atoms. The summed E-state index contributed by atoms with van der Waals surface area (Å²) < 4.78 is 78.6. The van der Waals surface area contributed by atoms with Crippen LogP contribution < -0.4 is 9.86 Å². The standard InChI is InChI=1S/C18H18F2N2O5S2/c19-13-9-12(11-5-1-2-6-11)10-14(20)17(13)18(23)22-29(26,27)16-8-4-3-7-15(16)28(21,24)25/h3-4,7-11H,1-2,5-6H2,(H,22,23)(H2,21,24,25). The van der Waals surface area contributed by atoms with Crippen molar-refractivity contribution in [1.82, 2.24) is 4.72 Å². The highest BCUT2D eigenvalue weighted by molar-refractivity contribution is 7.92. The van der Waals surface area contributed by atoms with Gasteiger partial charge in [-0.05, 0) is 48.6 Å². The fourth-order valence-corrected chi connectivity index (χ4v) is 5.78. The smallest absolute Gasteiger partial charge is 0.268 e. The highest BCUT2D eigenvalue weighted by Gasteiger charge is 2.29. The van der Waals surface area contributed by atoms with Crippen molar-refractivity contribution in [3.8, 4) is 0 Å². The van der Waals surface area contributed by atoms with Crippen molar-refractivity contribution in [1.29, 1.82) is 0 Å². The van der Waals surface area contributed by atoms with E-state index in [9.17, 15) is 30.4 Å². The highest BCUT2D eigenvalue weighted by atomic mass is 32.2. The Morgan fingerprint density at radius 2 is 1.48 bits per heavy atom. The molecule has 7 nitrogen and oxygen atoms in total. The molecule has 0 radical (unpaired) electrons. The Kier molecular flexibility index (Phi) is 5.74. The summed E-state index contributed by atoms with van der Waals surface area (Å²) in [6.07, 6.45) is 3.45. The van der Waals surface area contributed by atoms with E-state index in [1.165, 1.54) is 16.9 Å². The van der Waals surface area contributed by atoms with Gasteiger partial charge < -0.3 is 0 Å². The van der Waals surface area contributed by atoms with Gasteiger partial charge in [-0.3, -0.25) is 4.79 Å². The fraction of sp³-hybridized carbons (Fsp3) is 0.278.